The minimum atomic E-state index is 0.475. The summed E-state index contributed by atoms with van der Waals surface area (Å²) in [5, 5.41) is 0.944. The first-order chi connectivity index (χ1) is 12.3. The van der Waals surface area contributed by atoms with Gasteiger partial charge in [-0.25, -0.2) is 19.9 Å². The zero-order chi connectivity index (χ0) is 17.1. The number of pyridine rings is 2. The average molecular weight is 336 g/mol. The van der Waals surface area contributed by atoms with E-state index in [0.29, 0.717) is 29.9 Å². The maximum atomic E-state index is 5.79. The Bertz CT molecular complexity index is 849. The van der Waals surface area contributed by atoms with Crippen LogP contribution in [0.5, 0.6) is 5.88 Å². The fourth-order valence-corrected chi connectivity index (χ4v) is 3.14. The van der Waals surface area contributed by atoms with Crippen LogP contribution in [-0.2, 0) is 0 Å². The molecular formula is C18H20N6O. The maximum absolute atomic E-state index is 5.79. The molecule has 25 heavy (non-hydrogen) atoms. The molecule has 4 heterocycles. The lowest BCUT2D eigenvalue weighted by Crippen LogP contribution is -2.36. The summed E-state index contributed by atoms with van der Waals surface area (Å²) in [4.78, 5) is 19.5. The SMILES string of the molecule is Nc1ccc2c(N3CCC(COc4ccccn4)CC3)ncnc2n1. The quantitative estimate of drug-likeness (QED) is 0.781. The van der Waals surface area contributed by atoms with E-state index >= 15 is 0 Å². The van der Waals surface area contributed by atoms with Crippen molar-refractivity contribution in [3.63, 3.8) is 0 Å². The van der Waals surface area contributed by atoms with E-state index in [-0.39, 0.29) is 0 Å². The zero-order valence-corrected chi connectivity index (χ0v) is 13.9. The summed E-state index contributed by atoms with van der Waals surface area (Å²) in [6, 6.07) is 9.46. The first kappa shape index (κ1) is 15.6. The molecule has 4 rings (SSSR count). The number of hydrogen-bond donors (Lipinski definition) is 1. The van der Waals surface area contributed by atoms with Crippen LogP contribution >= 0.6 is 0 Å². The lowest BCUT2D eigenvalue weighted by Gasteiger charge is -2.33. The Morgan fingerprint density at radius 2 is 1.96 bits per heavy atom. The summed E-state index contributed by atoms with van der Waals surface area (Å²) in [7, 11) is 0. The van der Waals surface area contributed by atoms with E-state index in [4.69, 9.17) is 10.5 Å². The lowest BCUT2D eigenvalue weighted by atomic mass is 9.97. The summed E-state index contributed by atoms with van der Waals surface area (Å²) >= 11 is 0. The van der Waals surface area contributed by atoms with Gasteiger partial charge in [-0.05, 0) is 37.0 Å². The Balaban J connectivity index is 1.40. The van der Waals surface area contributed by atoms with Gasteiger partial charge in [0.15, 0.2) is 5.65 Å². The van der Waals surface area contributed by atoms with E-state index < -0.39 is 0 Å². The normalized spacial score (nSPS) is 15.4. The van der Waals surface area contributed by atoms with Crippen molar-refractivity contribution >= 4 is 22.7 Å². The smallest absolute Gasteiger partial charge is 0.213 e. The summed E-state index contributed by atoms with van der Waals surface area (Å²) < 4.78 is 5.79. The van der Waals surface area contributed by atoms with Crippen molar-refractivity contribution in [2.45, 2.75) is 12.8 Å². The Morgan fingerprint density at radius 3 is 2.76 bits per heavy atom. The van der Waals surface area contributed by atoms with Gasteiger partial charge in [0.25, 0.3) is 0 Å². The largest absolute Gasteiger partial charge is 0.477 e. The number of hydrogen-bond acceptors (Lipinski definition) is 7. The van der Waals surface area contributed by atoms with Crippen molar-refractivity contribution in [1.82, 2.24) is 19.9 Å². The van der Waals surface area contributed by atoms with Gasteiger partial charge in [-0.1, -0.05) is 6.07 Å². The Hall–Kier alpha value is -2.96. The molecule has 1 fully saturated rings. The molecule has 0 spiro atoms. The molecule has 1 saturated heterocycles. The molecule has 3 aromatic rings. The van der Waals surface area contributed by atoms with Crippen LogP contribution < -0.4 is 15.4 Å². The van der Waals surface area contributed by atoms with Gasteiger partial charge in [0.05, 0.1) is 12.0 Å². The summed E-state index contributed by atoms with van der Waals surface area (Å²) in [6.07, 6.45) is 5.42. The van der Waals surface area contributed by atoms with Gasteiger partial charge in [0, 0.05) is 25.4 Å². The number of anilines is 2. The van der Waals surface area contributed by atoms with Gasteiger partial charge in [-0.2, -0.15) is 0 Å². The van der Waals surface area contributed by atoms with Gasteiger partial charge < -0.3 is 15.4 Å². The second-order valence-corrected chi connectivity index (χ2v) is 6.21. The number of nitrogens with zero attached hydrogens (tertiary/aromatic N) is 5. The number of nitrogens with two attached hydrogens (primary N) is 1. The van der Waals surface area contributed by atoms with Crippen molar-refractivity contribution in [3.8, 4) is 5.88 Å². The van der Waals surface area contributed by atoms with Gasteiger partial charge in [0.2, 0.25) is 5.88 Å². The van der Waals surface area contributed by atoms with E-state index in [1.807, 2.05) is 24.3 Å². The van der Waals surface area contributed by atoms with E-state index in [1.165, 1.54) is 0 Å². The Labute approximate surface area is 145 Å². The summed E-state index contributed by atoms with van der Waals surface area (Å²) in [6.45, 7) is 2.58. The highest BCUT2D eigenvalue weighted by molar-refractivity contribution is 5.87. The van der Waals surface area contributed by atoms with Crippen LogP contribution in [0, 0.1) is 5.92 Å². The van der Waals surface area contributed by atoms with E-state index in [9.17, 15) is 0 Å². The number of piperidine rings is 1. The molecule has 0 aromatic carbocycles. The number of ether oxygens (including phenoxy) is 1. The van der Waals surface area contributed by atoms with Crippen molar-refractivity contribution in [1.29, 1.82) is 0 Å². The van der Waals surface area contributed by atoms with Crippen molar-refractivity contribution < 1.29 is 4.74 Å². The van der Waals surface area contributed by atoms with Crippen LogP contribution in [-0.4, -0.2) is 39.6 Å². The predicted octanol–water partition coefficient (Wildman–Crippen LogP) is 2.30. The van der Waals surface area contributed by atoms with E-state index in [0.717, 1.165) is 37.1 Å². The lowest BCUT2D eigenvalue weighted by molar-refractivity contribution is 0.216. The van der Waals surface area contributed by atoms with Gasteiger partial charge in [-0.15, -0.1) is 0 Å². The summed E-state index contributed by atoms with van der Waals surface area (Å²) in [5.41, 5.74) is 6.39. The van der Waals surface area contributed by atoms with Crippen LogP contribution in [0.1, 0.15) is 12.8 Å². The first-order valence-electron chi connectivity index (χ1n) is 8.45. The minimum Gasteiger partial charge on any atom is -0.477 e. The summed E-state index contributed by atoms with van der Waals surface area (Å²) in [5.74, 6) is 2.62. The third-order valence-electron chi connectivity index (χ3n) is 4.52. The molecule has 7 nitrogen and oxygen atoms in total. The molecule has 0 atom stereocenters. The Kier molecular flexibility index (Phi) is 4.28. The molecule has 0 unspecified atom stereocenters. The van der Waals surface area contributed by atoms with Crippen LogP contribution in [0.15, 0.2) is 42.9 Å². The average Bonchev–Trinajstić information content (AvgIpc) is 2.67. The van der Waals surface area contributed by atoms with E-state index in [1.54, 1.807) is 18.6 Å². The second-order valence-electron chi connectivity index (χ2n) is 6.21. The van der Waals surface area contributed by atoms with E-state index in [2.05, 4.69) is 24.8 Å². The van der Waals surface area contributed by atoms with Gasteiger partial charge in [0.1, 0.15) is 18.0 Å². The molecule has 7 heteroatoms. The molecule has 1 aliphatic rings. The van der Waals surface area contributed by atoms with Crippen LogP contribution in [0.4, 0.5) is 11.6 Å². The van der Waals surface area contributed by atoms with Gasteiger partial charge in [-0.3, -0.25) is 0 Å². The van der Waals surface area contributed by atoms with Crippen molar-refractivity contribution in [3.05, 3.63) is 42.9 Å². The molecular weight excluding hydrogens is 316 g/mol. The highest BCUT2D eigenvalue weighted by atomic mass is 16.5. The second kappa shape index (κ2) is 6.88. The number of rotatable bonds is 4. The highest BCUT2D eigenvalue weighted by Crippen LogP contribution is 2.27. The third kappa shape index (κ3) is 3.45. The van der Waals surface area contributed by atoms with Crippen LogP contribution in [0.25, 0.3) is 11.0 Å². The highest BCUT2D eigenvalue weighted by Gasteiger charge is 2.22. The monoisotopic (exact) mass is 336 g/mol. The number of fused-ring (bicyclic) bond motifs is 1. The molecule has 128 valence electrons. The topological polar surface area (TPSA) is 90.0 Å². The van der Waals surface area contributed by atoms with Crippen molar-refractivity contribution in [2.75, 3.05) is 30.3 Å². The molecule has 0 aliphatic carbocycles. The van der Waals surface area contributed by atoms with Gasteiger partial charge >= 0.3 is 0 Å². The molecule has 0 radical (unpaired) electrons. The molecule has 0 saturated carbocycles. The van der Waals surface area contributed by atoms with Crippen LogP contribution in [0.3, 0.4) is 0 Å². The molecule has 3 aromatic heterocycles. The van der Waals surface area contributed by atoms with Crippen molar-refractivity contribution in [2.24, 2.45) is 5.92 Å². The standard InChI is InChI=1S/C18H20N6O/c19-15-5-4-14-17(23-15)21-12-22-18(14)24-9-6-13(7-10-24)11-25-16-3-1-2-8-20-16/h1-5,8,12-13H,6-7,9-11H2,(H2,19,21,22,23). The van der Waals surface area contributed by atoms with Crippen LogP contribution in [0.2, 0.25) is 0 Å². The fraction of sp³-hybridized carbons (Fsp3) is 0.333. The predicted molar refractivity (Wildman–Crippen MR) is 96.4 cm³/mol. The molecule has 0 bridgehead atoms. The number of aromatic nitrogens is 4. The minimum absolute atomic E-state index is 0.475. The molecule has 0 amide bonds. The first-order valence-corrected chi connectivity index (χ1v) is 8.45. The molecule has 2 N–H and O–H groups in total. The Morgan fingerprint density at radius 1 is 1.08 bits per heavy atom. The number of nitrogen functional groups attached to an aromatic ring is 1. The fourth-order valence-electron chi connectivity index (χ4n) is 3.14. The zero-order valence-electron chi connectivity index (χ0n) is 13.9. The molecule has 1 aliphatic heterocycles. The third-order valence-corrected chi connectivity index (χ3v) is 4.52. The maximum Gasteiger partial charge on any atom is 0.213 e.